The molecule has 0 aliphatic carbocycles. The number of azide groups is 1. The molecule has 3 heteroatoms. The maximum atomic E-state index is 8.16. The van der Waals surface area contributed by atoms with Crippen molar-refractivity contribution in [1.29, 1.82) is 0 Å². The Labute approximate surface area is 65.3 Å². The van der Waals surface area contributed by atoms with Crippen molar-refractivity contribution in [2.24, 2.45) is 5.11 Å². The zero-order valence-corrected chi connectivity index (χ0v) is 6.31. The van der Waals surface area contributed by atoms with E-state index in [9.17, 15) is 0 Å². The van der Waals surface area contributed by atoms with Crippen LogP contribution in [-0.4, -0.2) is 0 Å². The molecule has 0 aliphatic rings. The van der Waals surface area contributed by atoms with Crippen molar-refractivity contribution in [3.05, 3.63) is 46.3 Å². The van der Waals surface area contributed by atoms with Crippen LogP contribution in [0.4, 0.5) is 0 Å². The Balaban J connectivity index is 2.84. The molecule has 1 aromatic rings. The van der Waals surface area contributed by atoms with Crippen LogP contribution in [0, 0.1) is 0 Å². The van der Waals surface area contributed by atoms with Gasteiger partial charge in [0, 0.05) is 4.91 Å². The van der Waals surface area contributed by atoms with Crippen molar-refractivity contribution >= 4 is 0 Å². The maximum Gasteiger partial charge on any atom is 0.0597 e. The molecule has 1 atom stereocenters. The Morgan fingerprint density at radius 2 is 2.00 bits per heavy atom. The Hall–Kier alpha value is -1.47. The summed E-state index contributed by atoms with van der Waals surface area (Å²) in [4.78, 5) is 2.74. The van der Waals surface area contributed by atoms with Crippen LogP contribution in [0.3, 0.4) is 0 Å². The fourth-order valence-electron chi connectivity index (χ4n) is 0.876. The van der Waals surface area contributed by atoms with Gasteiger partial charge in [-0.25, -0.2) is 0 Å². The molecule has 1 unspecified atom stereocenters. The van der Waals surface area contributed by atoms with Crippen LogP contribution < -0.4 is 0 Å². The summed E-state index contributed by atoms with van der Waals surface area (Å²) >= 11 is 0. The van der Waals surface area contributed by atoms with E-state index in [0.717, 1.165) is 5.56 Å². The summed E-state index contributed by atoms with van der Waals surface area (Å²) in [5, 5.41) is 3.58. The molecule has 56 valence electrons. The number of rotatable bonds is 2. The summed E-state index contributed by atoms with van der Waals surface area (Å²) in [6.07, 6.45) is 0. The Morgan fingerprint density at radius 1 is 1.36 bits per heavy atom. The van der Waals surface area contributed by atoms with Crippen LogP contribution in [0.15, 0.2) is 35.4 Å². The fourth-order valence-corrected chi connectivity index (χ4v) is 0.876. The van der Waals surface area contributed by atoms with Crippen LogP contribution in [0.2, 0.25) is 0 Å². The van der Waals surface area contributed by atoms with E-state index in [1.807, 2.05) is 37.3 Å². The van der Waals surface area contributed by atoms with Crippen molar-refractivity contribution in [3.8, 4) is 0 Å². The maximum absolute atomic E-state index is 8.16. The summed E-state index contributed by atoms with van der Waals surface area (Å²) in [7, 11) is 0. The molecule has 1 aromatic carbocycles. The van der Waals surface area contributed by atoms with Crippen LogP contribution in [0.1, 0.15) is 18.5 Å². The molecule has 1 rings (SSSR count). The third kappa shape index (κ3) is 1.99. The van der Waals surface area contributed by atoms with Gasteiger partial charge in [0.2, 0.25) is 0 Å². The van der Waals surface area contributed by atoms with E-state index in [-0.39, 0.29) is 6.04 Å². The van der Waals surface area contributed by atoms with Gasteiger partial charge in [-0.05, 0) is 11.1 Å². The van der Waals surface area contributed by atoms with Gasteiger partial charge in [-0.1, -0.05) is 42.4 Å². The lowest BCUT2D eigenvalue weighted by molar-refractivity contribution is 0.808. The molecule has 0 heterocycles. The lowest BCUT2D eigenvalue weighted by Crippen LogP contribution is -1.85. The van der Waals surface area contributed by atoms with Crippen LogP contribution in [0.5, 0.6) is 0 Å². The highest BCUT2D eigenvalue weighted by Gasteiger charge is 1.98. The van der Waals surface area contributed by atoms with Gasteiger partial charge in [-0.3, -0.25) is 0 Å². The molecule has 0 radical (unpaired) electrons. The van der Waals surface area contributed by atoms with Crippen LogP contribution >= 0.6 is 0 Å². The van der Waals surface area contributed by atoms with Gasteiger partial charge in [0.1, 0.15) is 0 Å². The predicted octanol–water partition coefficient (Wildman–Crippen LogP) is 3.06. The standard InChI is InChI=1S/C8H9N3/c1-7(10-11-9)8-5-3-2-4-6-8/h2-7H,1H3. The van der Waals surface area contributed by atoms with Gasteiger partial charge in [0.15, 0.2) is 0 Å². The molecule has 0 bridgehead atoms. The average molecular weight is 147 g/mol. The number of benzene rings is 1. The predicted molar refractivity (Wildman–Crippen MR) is 44.0 cm³/mol. The van der Waals surface area contributed by atoms with Gasteiger partial charge in [-0.2, -0.15) is 0 Å². The first-order valence-electron chi connectivity index (χ1n) is 3.43. The highest BCUT2D eigenvalue weighted by molar-refractivity contribution is 5.17. The van der Waals surface area contributed by atoms with Crippen LogP contribution in [0.25, 0.3) is 10.4 Å². The number of hydrogen-bond acceptors (Lipinski definition) is 1. The van der Waals surface area contributed by atoms with Crippen molar-refractivity contribution in [2.45, 2.75) is 13.0 Å². The van der Waals surface area contributed by atoms with E-state index >= 15 is 0 Å². The largest absolute Gasteiger partial charge is 0.0862 e. The molecule has 11 heavy (non-hydrogen) atoms. The minimum atomic E-state index is -0.0683. The van der Waals surface area contributed by atoms with Crippen molar-refractivity contribution in [3.63, 3.8) is 0 Å². The lowest BCUT2D eigenvalue weighted by Gasteiger charge is -2.01. The van der Waals surface area contributed by atoms with E-state index in [1.165, 1.54) is 0 Å². The Kier molecular flexibility index (Phi) is 2.53. The highest BCUT2D eigenvalue weighted by atomic mass is 15.1. The quantitative estimate of drug-likeness (QED) is 0.350. The fraction of sp³-hybridized carbons (Fsp3) is 0.250. The zero-order chi connectivity index (χ0) is 8.10. The molecule has 0 spiro atoms. The smallest absolute Gasteiger partial charge is 0.0597 e. The van der Waals surface area contributed by atoms with Gasteiger partial charge < -0.3 is 0 Å². The van der Waals surface area contributed by atoms with E-state index in [1.54, 1.807) is 0 Å². The zero-order valence-electron chi connectivity index (χ0n) is 6.31. The molecule has 0 saturated carbocycles. The van der Waals surface area contributed by atoms with Gasteiger partial charge in [0.25, 0.3) is 0 Å². The van der Waals surface area contributed by atoms with E-state index in [2.05, 4.69) is 10.0 Å². The molecule has 0 fully saturated rings. The molecule has 0 amide bonds. The van der Waals surface area contributed by atoms with Crippen molar-refractivity contribution < 1.29 is 0 Å². The van der Waals surface area contributed by atoms with Crippen LogP contribution in [-0.2, 0) is 0 Å². The summed E-state index contributed by atoms with van der Waals surface area (Å²) in [6.45, 7) is 1.87. The van der Waals surface area contributed by atoms with Crippen molar-refractivity contribution in [2.75, 3.05) is 0 Å². The molecular weight excluding hydrogens is 138 g/mol. The highest BCUT2D eigenvalue weighted by Crippen LogP contribution is 2.15. The van der Waals surface area contributed by atoms with Gasteiger partial charge >= 0.3 is 0 Å². The molecular formula is C8H9N3. The lowest BCUT2D eigenvalue weighted by atomic mass is 10.1. The number of nitrogens with zero attached hydrogens (tertiary/aromatic N) is 3. The topological polar surface area (TPSA) is 48.8 Å². The van der Waals surface area contributed by atoms with Gasteiger partial charge in [0.05, 0.1) is 6.04 Å². The molecule has 0 saturated heterocycles. The van der Waals surface area contributed by atoms with E-state index in [0.29, 0.717) is 0 Å². The second-order valence-electron chi connectivity index (χ2n) is 2.29. The van der Waals surface area contributed by atoms with E-state index in [4.69, 9.17) is 5.53 Å². The first-order valence-corrected chi connectivity index (χ1v) is 3.43. The average Bonchev–Trinajstić information content (AvgIpc) is 2.07. The monoisotopic (exact) mass is 147 g/mol. The van der Waals surface area contributed by atoms with Crippen molar-refractivity contribution in [1.82, 2.24) is 0 Å². The second kappa shape index (κ2) is 3.64. The summed E-state index contributed by atoms with van der Waals surface area (Å²) in [6, 6.07) is 9.61. The SMILES string of the molecule is CC(N=[N+]=[N-])c1ccccc1. The minimum Gasteiger partial charge on any atom is -0.0862 e. The first kappa shape index (κ1) is 7.63. The third-order valence-corrected chi connectivity index (χ3v) is 1.51. The summed E-state index contributed by atoms with van der Waals surface area (Å²) in [5.41, 5.74) is 9.20. The molecule has 3 nitrogen and oxygen atoms in total. The molecule has 0 N–H and O–H groups in total. The minimum absolute atomic E-state index is 0.0683. The summed E-state index contributed by atoms with van der Waals surface area (Å²) in [5.74, 6) is 0. The molecule has 0 aliphatic heterocycles. The third-order valence-electron chi connectivity index (χ3n) is 1.51. The second-order valence-corrected chi connectivity index (χ2v) is 2.29. The Morgan fingerprint density at radius 3 is 2.55 bits per heavy atom. The normalized spacial score (nSPS) is 11.7. The Bertz CT molecular complexity index is 262. The van der Waals surface area contributed by atoms with E-state index < -0.39 is 0 Å². The molecule has 0 aromatic heterocycles. The number of hydrogen-bond donors (Lipinski definition) is 0. The summed E-state index contributed by atoms with van der Waals surface area (Å²) < 4.78 is 0. The first-order chi connectivity index (χ1) is 5.34. The van der Waals surface area contributed by atoms with Gasteiger partial charge in [-0.15, -0.1) is 0 Å².